The zero-order valence-corrected chi connectivity index (χ0v) is 20.1. The molecule has 3 N–H and O–H groups in total. The molecule has 0 bridgehead atoms. The van der Waals surface area contributed by atoms with Crippen LogP contribution in [0.2, 0.25) is 10.0 Å². The van der Waals surface area contributed by atoms with Crippen molar-refractivity contribution in [3.05, 3.63) is 75.7 Å². The highest BCUT2D eigenvalue weighted by atomic mass is 35.5. The van der Waals surface area contributed by atoms with Gasteiger partial charge < -0.3 is 24.5 Å². The van der Waals surface area contributed by atoms with E-state index in [0.29, 0.717) is 39.3 Å². The van der Waals surface area contributed by atoms with Crippen molar-refractivity contribution >= 4 is 52.8 Å². The first-order valence-electron chi connectivity index (χ1n) is 9.99. The van der Waals surface area contributed by atoms with E-state index in [1.165, 1.54) is 44.7 Å². The van der Waals surface area contributed by atoms with Gasteiger partial charge in [0.05, 0.1) is 37.0 Å². The Kier molecular flexibility index (Phi) is 8.71. The summed E-state index contributed by atoms with van der Waals surface area (Å²) in [7, 11) is 2.97. The lowest BCUT2D eigenvalue weighted by molar-refractivity contribution is -0.136. The molecule has 0 atom stereocenters. The van der Waals surface area contributed by atoms with Gasteiger partial charge in [-0.05, 0) is 48.5 Å². The zero-order valence-electron chi connectivity index (χ0n) is 18.6. The van der Waals surface area contributed by atoms with Crippen LogP contribution in [0.4, 0.5) is 5.69 Å². The minimum Gasteiger partial charge on any atom is -0.493 e. The number of carbonyl (C=O) groups excluding carboxylic acids is 3. The van der Waals surface area contributed by atoms with Gasteiger partial charge >= 0.3 is 11.8 Å². The van der Waals surface area contributed by atoms with E-state index in [0.717, 1.165) is 0 Å². The molecule has 35 heavy (non-hydrogen) atoms. The first-order chi connectivity index (χ1) is 16.8. The van der Waals surface area contributed by atoms with Gasteiger partial charge in [0, 0.05) is 11.3 Å². The maximum atomic E-state index is 12.3. The Bertz CT molecular complexity index is 1270. The molecule has 10 nitrogen and oxygen atoms in total. The largest absolute Gasteiger partial charge is 0.493 e. The fourth-order valence-electron chi connectivity index (χ4n) is 2.76. The van der Waals surface area contributed by atoms with Gasteiger partial charge in [0.1, 0.15) is 11.5 Å². The van der Waals surface area contributed by atoms with Crippen LogP contribution in [0.1, 0.15) is 21.9 Å². The maximum Gasteiger partial charge on any atom is 0.313 e. The van der Waals surface area contributed by atoms with Crippen LogP contribution in [0.15, 0.2) is 58.0 Å². The quantitative estimate of drug-likeness (QED) is 0.237. The molecule has 0 saturated heterocycles. The van der Waals surface area contributed by atoms with Gasteiger partial charge in [0.2, 0.25) is 0 Å². The number of rotatable bonds is 8. The molecule has 3 rings (SSSR count). The molecule has 1 aromatic heterocycles. The third-order valence-corrected chi connectivity index (χ3v) is 5.23. The number of hydrogen-bond acceptors (Lipinski definition) is 7. The lowest BCUT2D eigenvalue weighted by atomic mass is 10.2. The third-order valence-electron chi connectivity index (χ3n) is 4.49. The van der Waals surface area contributed by atoms with E-state index >= 15 is 0 Å². The van der Waals surface area contributed by atoms with Crippen molar-refractivity contribution in [2.75, 3.05) is 19.5 Å². The first kappa shape index (κ1) is 25.6. The van der Waals surface area contributed by atoms with Crippen LogP contribution in [0.25, 0.3) is 0 Å². The van der Waals surface area contributed by atoms with Gasteiger partial charge in [-0.25, -0.2) is 5.43 Å². The highest BCUT2D eigenvalue weighted by molar-refractivity contribution is 6.42. The van der Waals surface area contributed by atoms with Crippen molar-refractivity contribution in [2.45, 2.75) is 6.54 Å². The SMILES string of the molecule is COc1ccc(C(=O)N/N=C\c2ccc(CNC(=O)C(=O)Nc3ccc(Cl)c(Cl)c3)o2)cc1OC. The predicted molar refractivity (Wildman–Crippen MR) is 130 cm³/mol. The van der Waals surface area contributed by atoms with Crippen molar-refractivity contribution in [1.29, 1.82) is 0 Å². The summed E-state index contributed by atoms with van der Waals surface area (Å²) in [6.45, 7) is -0.0422. The van der Waals surface area contributed by atoms with E-state index in [-0.39, 0.29) is 11.6 Å². The standard InChI is InChI=1S/C23H20Cl2N4O6/c1-33-19-8-3-13(9-20(19)34-2)21(30)29-27-12-16-6-5-15(35-16)11-26-22(31)23(32)28-14-4-7-17(24)18(25)10-14/h3-10,12H,11H2,1-2H3,(H,26,31)(H,28,32)(H,29,30)/b27-12-. The van der Waals surface area contributed by atoms with Gasteiger partial charge in [-0.15, -0.1) is 0 Å². The van der Waals surface area contributed by atoms with E-state index in [1.54, 1.807) is 24.3 Å². The average molecular weight is 519 g/mol. The highest BCUT2D eigenvalue weighted by Gasteiger charge is 2.15. The molecule has 0 saturated carbocycles. The maximum absolute atomic E-state index is 12.3. The first-order valence-corrected chi connectivity index (χ1v) is 10.7. The fourth-order valence-corrected chi connectivity index (χ4v) is 3.06. The van der Waals surface area contributed by atoms with E-state index in [2.05, 4.69) is 21.2 Å². The summed E-state index contributed by atoms with van der Waals surface area (Å²) in [5.74, 6) is -0.619. The Morgan fingerprint density at radius 1 is 0.943 bits per heavy atom. The molecule has 3 amide bonds. The predicted octanol–water partition coefficient (Wildman–Crippen LogP) is 3.62. The molecule has 0 radical (unpaired) electrons. The molecular formula is C23H20Cl2N4O6. The lowest BCUT2D eigenvalue weighted by Crippen LogP contribution is -2.34. The highest BCUT2D eigenvalue weighted by Crippen LogP contribution is 2.27. The molecule has 1 heterocycles. The van der Waals surface area contributed by atoms with Gasteiger partial charge in [0.15, 0.2) is 11.5 Å². The molecule has 0 unspecified atom stereocenters. The number of halogens is 2. The minimum absolute atomic E-state index is 0.0422. The number of methoxy groups -OCH3 is 2. The monoisotopic (exact) mass is 518 g/mol. The van der Waals surface area contributed by atoms with E-state index in [1.807, 2.05) is 0 Å². The summed E-state index contributed by atoms with van der Waals surface area (Å²) < 4.78 is 15.8. The number of nitrogens with one attached hydrogen (secondary N) is 3. The molecular weight excluding hydrogens is 499 g/mol. The number of hydrogen-bond donors (Lipinski definition) is 3. The van der Waals surface area contributed by atoms with Crippen LogP contribution in [-0.4, -0.2) is 38.2 Å². The van der Waals surface area contributed by atoms with Crippen LogP contribution < -0.4 is 25.5 Å². The second-order valence-electron chi connectivity index (χ2n) is 6.84. The number of anilines is 1. The van der Waals surface area contributed by atoms with Gasteiger partial charge in [-0.3, -0.25) is 14.4 Å². The number of amides is 3. The number of carbonyl (C=O) groups is 3. The van der Waals surface area contributed by atoms with Gasteiger partial charge in [-0.1, -0.05) is 23.2 Å². The molecule has 0 fully saturated rings. The molecule has 2 aromatic carbocycles. The van der Waals surface area contributed by atoms with E-state index < -0.39 is 17.7 Å². The Morgan fingerprint density at radius 3 is 2.43 bits per heavy atom. The summed E-state index contributed by atoms with van der Waals surface area (Å²) in [6, 6.07) is 12.3. The summed E-state index contributed by atoms with van der Waals surface area (Å²) >= 11 is 11.7. The summed E-state index contributed by atoms with van der Waals surface area (Å²) in [5.41, 5.74) is 3.02. The van der Waals surface area contributed by atoms with Crippen LogP contribution in [0, 0.1) is 0 Å². The Balaban J connectivity index is 1.49. The molecule has 0 spiro atoms. The van der Waals surface area contributed by atoms with E-state index in [9.17, 15) is 14.4 Å². The third kappa shape index (κ3) is 6.98. The Hall–Kier alpha value is -4.02. The smallest absolute Gasteiger partial charge is 0.313 e. The fraction of sp³-hybridized carbons (Fsp3) is 0.130. The second-order valence-corrected chi connectivity index (χ2v) is 7.65. The van der Waals surface area contributed by atoms with Gasteiger partial charge in [0.25, 0.3) is 5.91 Å². The lowest BCUT2D eigenvalue weighted by Gasteiger charge is -2.08. The average Bonchev–Trinajstić information content (AvgIpc) is 3.31. The Labute approximate surface area is 210 Å². The van der Waals surface area contributed by atoms with Crippen molar-refractivity contribution in [2.24, 2.45) is 5.10 Å². The summed E-state index contributed by atoms with van der Waals surface area (Å²) in [4.78, 5) is 36.3. The van der Waals surface area contributed by atoms with Crippen LogP contribution in [0.5, 0.6) is 11.5 Å². The number of furan rings is 1. The van der Waals surface area contributed by atoms with Crippen molar-refractivity contribution in [3.63, 3.8) is 0 Å². The van der Waals surface area contributed by atoms with Crippen LogP contribution >= 0.6 is 23.2 Å². The topological polar surface area (TPSA) is 131 Å². The van der Waals surface area contributed by atoms with Crippen molar-refractivity contribution < 1.29 is 28.3 Å². The molecule has 3 aromatic rings. The van der Waals surface area contributed by atoms with Crippen LogP contribution in [-0.2, 0) is 16.1 Å². The number of benzene rings is 2. The molecule has 182 valence electrons. The summed E-state index contributed by atoms with van der Waals surface area (Å²) in [5, 5.41) is 9.27. The van der Waals surface area contributed by atoms with Crippen molar-refractivity contribution in [3.8, 4) is 11.5 Å². The number of hydrazone groups is 1. The van der Waals surface area contributed by atoms with E-state index in [4.69, 9.17) is 37.1 Å². The molecule has 0 aliphatic carbocycles. The molecule has 12 heteroatoms. The molecule has 0 aliphatic heterocycles. The minimum atomic E-state index is -0.880. The second kappa shape index (κ2) is 11.9. The van der Waals surface area contributed by atoms with Crippen molar-refractivity contribution in [1.82, 2.24) is 10.7 Å². The van der Waals surface area contributed by atoms with Gasteiger partial charge in [-0.2, -0.15) is 5.10 Å². The molecule has 0 aliphatic rings. The Morgan fingerprint density at radius 2 is 1.71 bits per heavy atom. The van der Waals surface area contributed by atoms with Crippen LogP contribution in [0.3, 0.4) is 0 Å². The number of nitrogens with zero attached hydrogens (tertiary/aromatic N) is 1. The zero-order chi connectivity index (χ0) is 25.4. The number of ether oxygens (including phenoxy) is 2. The summed E-state index contributed by atoms with van der Waals surface area (Å²) in [6.07, 6.45) is 1.29. The normalized spacial score (nSPS) is 10.6.